The van der Waals surface area contributed by atoms with Gasteiger partial charge in [0.1, 0.15) is 12.2 Å². The lowest BCUT2D eigenvalue weighted by Gasteiger charge is -2.26. The van der Waals surface area contributed by atoms with Crippen molar-refractivity contribution in [1.82, 2.24) is 0 Å². The van der Waals surface area contributed by atoms with Gasteiger partial charge in [-0.2, -0.15) is 9.78 Å². The first kappa shape index (κ1) is 12.3. The van der Waals surface area contributed by atoms with Crippen molar-refractivity contribution >= 4 is 11.9 Å². The molecule has 2 rings (SSSR count). The molecule has 1 aliphatic heterocycles. The third-order valence-electron chi connectivity index (χ3n) is 3.16. The summed E-state index contributed by atoms with van der Waals surface area (Å²) in [6.07, 6.45) is 2.65. The molecule has 0 aromatic carbocycles. The van der Waals surface area contributed by atoms with Gasteiger partial charge in [0.05, 0.1) is 0 Å². The van der Waals surface area contributed by atoms with Crippen LogP contribution in [0.2, 0.25) is 0 Å². The molecule has 6 nitrogen and oxygen atoms in total. The molecule has 0 bridgehead atoms. The minimum absolute atomic E-state index is 0.366. The SMILES string of the molecule is CC1(C)C(=O)OOC2CCCCC2OOC1=O. The van der Waals surface area contributed by atoms with E-state index in [1.807, 2.05) is 0 Å². The smallest absolute Gasteiger partial charge is 0.297 e. The molecule has 1 aliphatic carbocycles. The molecule has 0 spiro atoms. The zero-order chi connectivity index (χ0) is 12.5. The molecule has 2 aliphatic rings. The Kier molecular flexibility index (Phi) is 3.35. The van der Waals surface area contributed by atoms with Crippen LogP contribution in [0.1, 0.15) is 39.5 Å². The molecule has 2 fully saturated rings. The van der Waals surface area contributed by atoms with E-state index in [4.69, 9.17) is 19.6 Å². The van der Waals surface area contributed by atoms with Crippen LogP contribution in [0, 0.1) is 5.41 Å². The van der Waals surface area contributed by atoms with Gasteiger partial charge in [0.25, 0.3) is 0 Å². The van der Waals surface area contributed by atoms with E-state index in [1.54, 1.807) is 0 Å². The minimum atomic E-state index is -1.42. The molecular weight excluding hydrogens is 228 g/mol. The number of carbonyl (C=O) groups is 2. The highest BCUT2D eigenvalue weighted by Crippen LogP contribution is 2.29. The van der Waals surface area contributed by atoms with Crippen molar-refractivity contribution in [2.24, 2.45) is 5.41 Å². The Hall–Kier alpha value is -1.14. The Bertz CT molecular complexity index is 294. The van der Waals surface area contributed by atoms with Gasteiger partial charge in [-0.25, -0.2) is 9.59 Å². The Labute approximate surface area is 99.0 Å². The van der Waals surface area contributed by atoms with Gasteiger partial charge in [-0.3, -0.25) is 9.78 Å². The van der Waals surface area contributed by atoms with E-state index in [0.29, 0.717) is 0 Å². The molecule has 6 heteroatoms. The molecule has 1 saturated heterocycles. The fraction of sp³-hybridized carbons (Fsp3) is 0.818. The average molecular weight is 244 g/mol. The predicted molar refractivity (Wildman–Crippen MR) is 54.2 cm³/mol. The fourth-order valence-corrected chi connectivity index (χ4v) is 1.79. The second kappa shape index (κ2) is 4.62. The molecule has 0 aromatic heterocycles. The standard InChI is InChI=1S/C11H16O6/c1-11(2)9(12)16-14-7-5-3-4-6-8(7)15-17-10(11)13/h7-8H,3-6H2,1-2H3. The Morgan fingerprint density at radius 3 is 1.76 bits per heavy atom. The van der Waals surface area contributed by atoms with Crippen LogP contribution < -0.4 is 0 Å². The summed E-state index contributed by atoms with van der Waals surface area (Å²) < 4.78 is 0. The lowest BCUT2D eigenvalue weighted by molar-refractivity contribution is -0.357. The maximum atomic E-state index is 11.6. The summed E-state index contributed by atoms with van der Waals surface area (Å²) in [7, 11) is 0. The van der Waals surface area contributed by atoms with Crippen molar-refractivity contribution in [2.75, 3.05) is 0 Å². The zero-order valence-corrected chi connectivity index (χ0v) is 9.93. The largest absolute Gasteiger partial charge is 0.359 e. The van der Waals surface area contributed by atoms with E-state index in [2.05, 4.69) is 0 Å². The summed E-state index contributed by atoms with van der Waals surface area (Å²) in [6.45, 7) is 2.80. The molecule has 96 valence electrons. The highest BCUT2D eigenvalue weighted by atomic mass is 17.2. The van der Waals surface area contributed by atoms with Gasteiger partial charge < -0.3 is 0 Å². The normalized spacial score (nSPS) is 33.5. The summed E-state index contributed by atoms with van der Waals surface area (Å²) in [4.78, 5) is 42.8. The van der Waals surface area contributed by atoms with Crippen LogP contribution in [0.5, 0.6) is 0 Å². The number of fused-ring (bicyclic) bond motifs is 1. The van der Waals surface area contributed by atoms with E-state index >= 15 is 0 Å². The van der Waals surface area contributed by atoms with Crippen molar-refractivity contribution in [3.63, 3.8) is 0 Å². The molecule has 0 aromatic rings. The predicted octanol–water partition coefficient (Wildman–Crippen LogP) is 1.29. The topological polar surface area (TPSA) is 71.1 Å². The lowest BCUT2D eigenvalue weighted by Crippen LogP contribution is -2.35. The highest BCUT2D eigenvalue weighted by Gasteiger charge is 2.44. The molecule has 2 unspecified atom stereocenters. The van der Waals surface area contributed by atoms with Crippen LogP contribution in [-0.2, 0) is 29.1 Å². The van der Waals surface area contributed by atoms with E-state index in [-0.39, 0.29) is 12.2 Å². The van der Waals surface area contributed by atoms with Crippen LogP contribution in [0.15, 0.2) is 0 Å². The molecule has 1 saturated carbocycles. The zero-order valence-electron chi connectivity index (χ0n) is 9.93. The molecule has 0 N–H and O–H groups in total. The van der Waals surface area contributed by atoms with Crippen LogP contribution in [0.25, 0.3) is 0 Å². The summed E-state index contributed by atoms with van der Waals surface area (Å²) in [6, 6.07) is 0. The van der Waals surface area contributed by atoms with E-state index in [9.17, 15) is 9.59 Å². The number of hydrogen-bond acceptors (Lipinski definition) is 6. The monoisotopic (exact) mass is 244 g/mol. The number of hydrogen-bond donors (Lipinski definition) is 0. The van der Waals surface area contributed by atoms with Crippen LogP contribution >= 0.6 is 0 Å². The first-order valence-electron chi connectivity index (χ1n) is 5.77. The molecule has 0 amide bonds. The Morgan fingerprint density at radius 2 is 1.35 bits per heavy atom. The fourth-order valence-electron chi connectivity index (χ4n) is 1.79. The van der Waals surface area contributed by atoms with Crippen molar-refractivity contribution in [3.8, 4) is 0 Å². The summed E-state index contributed by atoms with van der Waals surface area (Å²) in [5.74, 6) is -1.53. The van der Waals surface area contributed by atoms with E-state index in [0.717, 1.165) is 25.7 Å². The lowest BCUT2D eigenvalue weighted by atomic mass is 9.94. The van der Waals surface area contributed by atoms with Crippen molar-refractivity contribution in [1.29, 1.82) is 0 Å². The molecule has 0 radical (unpaired) electrons. The van der Waals surface area contributed by atoms with Crippen molar-refractivity contribution in [2.45, 2.75) is 51.7 Å². The average Bonchev–Trinajstić information content (AvgIpc) is 2.36. The van der Waals surface area contributed by atoms with Gasteiger partial charge in [0.15, 0.2) is 5.41 Å². The van der Waals surface area contributed by atoms with Gasteiger partial charge in [-0.05, 0) is 26.7 Å². The van der Waals surface area contributed by atoms with Crippen LogP contribution in [0.3, 0.4) is 0 Å². The third-order valence-corrected chi connectivity index (χ3v) is 3.16. The van der Waals surface area contributed by atoms with Gasteiger partial charge in [-0.1, -0.05) is 12.8 Å². The Morgan fingerprint density at radius 1 is 0.941 bits per heavy atom. The minimum Gasteiger partial charge on any atom is -0.297 e. The van der Waals surface area contributed by atoms with Gasteiger partial charge in [0, 0.05) is 0 Å². The molecule has 17 heavy (non-hydrogen) atoms. The third kappa shape index (κ3) is 2.42. The number of carbonyl (C=O) groups excluding carboxylic acids is 2. The highest BCUT2D eigenvalue weighted by molar-refractivity contribution is 5.98. The molecule has 2 atom stereocenters. The quantitative estimate of drug-likeness (QED) is 0.472. The number of rotatable bonds is 0. The van der Waals surface area contributed by atoms with E-state index in [1.165, 1.54) is 13.8 Å². The maximum Gasteiger partial charge on any atom is 0.359 e. The second-order valence-corrected chi connectivity index (χ2v) is 4.92. The summed E-state index contributed by atoms with van der Waals surface area (Å²) >= 11 is 0. The van der Waals surface area contributed by atoms with Gasteiger partial charge >= 0.3 is 11.9 Å². The first-order chi connectivity index (χ1) is 8.01. The summed E-state index contributed by atoms with van der Waals surface area (Å²) in [5.41, 5.74) is -1.42. The van der Waals surface area contributed by atoms with Gasteiger partial charge in [-0.15, -0.1) is 0 Å². The van der Waals surface area contributed by atoms with Crippen LogP contribution in [-0.4, -0.2) is 24.1 Å². The van der Waals surface area contributed by atoms with Crippen molar-refractivity contribution < 1.29 is 29.1 Å². The molecular formula is C11H16O6. The second-order valence-electron chi connectivity index (χ2n) is 4.92. The van der Waals surface area contributed by atoms with Crippen molar-refractivity contribution in [3.05, 3.63) is 0 Å². The van der Waals surface area contributed by atoms with Gasteiger partial charge in [0.2, 0.25) is 0 Å². The van der Waals surface area contributed by atoms with Crippen LogP contribution in [0.4, 0.5) is 0 Å². The molecule has 1 heterocycles. The van der Waals surface area contributed by atoms with E-state index < -0.39 is 17.4 Å². The first-order valence-corrected chi connectivity index (χ1v) is 5.77. The Balaban J connectivity index is 2.13. The summed E-state index contributed by atoms with van der Waals surface area (Å²) in [5, 5.41) is 0. The maximum absolute atomic E-state index is 11.6.